The summed E-state index contributed by atoms with van der Waals surface area (Å²) in [4.78, 5) is 85.5. The van der Waals surface area contributed by atoms with Gasteiger partial charge in [0.2, 0.25) is 11.8 Å². The van der Waals surface area contributed by atoms with E-state index in [4.69, 9.17) is 16.6 Å². The van der Waals surface area contributed by atoms with Gasteiger partial charge in [0.15, 0.2) is 5.13 Å². The number of aryl methyl sites for hydroxylation is 2. The number of nitrogens with one attached hydrogen (secondary N) is 3. The predicted molar refractivity (Wildman–Crippen MR) is 222 cm³/mol. The highest BCUT2D eigenvalue weighted by molar-refractivity contribution is 7.17. The third-order valence-electron chi connectivity index (χ3n) is 11.6. The predicted octanol–water partition coefficient (Wildman–Crippen LogP) is 5.56. The van der Waals surface area contributed by atoms with E-state index >= 15 is 4.39 Å². The van der Waals surface area contributed by atoms with Crippen molar-refractivity contribution >= 4 is 80.6 Å². The molecule has 59 heavy (non-hydrogen) atoms. The monoisotopic (exact) mass is 842 g/mol. The van der Waals surface area contributed by atoms with E-state index in [1.807, 2.05) is 36.9 Å². The highest BCUT2D eigenvalue weighted by Crippen LogP contribution is 2.35. The van der Waals surface area contributed by atoms with Crippen LogP contribution in [0.5, 0.6) is 0 Å². The second-order valence-electron chi connectivity index (χ2n) is 15.7. The zero-order valence-electron chi connectivity index (χ0n) is 33.1. The van der Waals surface area contributed by atoms with Crippen LogP contribution in [0, 0.1) is 25.6 Å². The van der Waals surface area contributed by atoms with Gasteiger partial charge >= 0.3 is 0 Å². The number of nitrogens with zero attached hydrogens (tertiary/aromatic N) is 7. The SMILES string of the molecule is Cc1nc(Nc2ncc(C(=O)Nc3c(C)cccc3Cl)s2)cc(N2CCC(CN3C(C)CN(c4cc5c(cc4F)C(=O)N(C4CCC(=O)NC4=O)C5=O)CC3C)CC2)n1. The molecule has 0 spiro atoms. The molecule has 308 valence electrons. The van der Waals surface area contributed by atoms with E-state index in [9.17, 15) is 24.0 Å². The van der Waals surface area contributed by atoms with Crippen LogP contribution in [0.25, 0.3) is 0 Å². The smallest absolute Gasteiger partial charge is 0.267 e. The van der Waals surface area contributed by atoms with Gasteiger partial charge in [-0.15, -0.1) is 0 Å². The topological polar surface area (TPSA) is 173 Å². The molecule has 0 aliphatic carbocycles. The summed E-state index contributed by atoms with van der Waals surface area (Å²) in [5, 5.41) is 9.30. The highest BCUT2D eigenvalue weighted by Gasteiger charge is 2.46. The van der Waals surface area contributed by atoms with E-state index in [0.29, 0.717) is 51.4 Å². The standard InChI is InChI=1S/C41H44ClFN10O5S/c1-21-6-5-7-28(42)36(21)49-38(56)32-17-44-41(59-32)47-33-16-34(46-24(4)45-33)50-12-10-25(11-13-50)20-52-22(2)18-51(19-23(52)3)31-15-27-26(14-29(31)43)39(57)53(40(27)58)30-8-9-35(54)48-37(30)55/h5-7,14-17,22-23,25,30H,8-13,18-20H2,1-4H3,(H,49,56)(H,48,54,55)(H,44,45,46,47). The first kappa shape index (κ1) is 40.3. The zero-order valence-corrected chi connectivity index (χ0v) is 34.6. The maximum atomic E-state index is 15.7. The van der Waals surface area contributed by atoms with Gasteiger partial charge in [0.05, 0.1) is 33.7 Å². The molecule has 3 saturated heterocycles. The van der Waals surface area contributed by atoms with Gasteiger partial charge in [-0.2, -0.15) is 0 Å². The largest absolute Gasteiger partial charge is 0.366 e. The number of carbonyl (C=O) groups excluding carboxylic acids is 5. The fourth-order valence-corrected chi connectivity index (χ4v) is 9.55. The summed E-state index contributed by atoms with van der Waals surface area (Å²) in [5.41, 5.74) is 1.67. The number of halogens is 2. The Hall–Kier alpha value is -5.52. The zero-order chi connectivity index (χ0) is 41.7. The Bertz CT molecular complexity index is 2340. The average Bonchev–Trinajstić information content (AvgIpc) is 3.75. The Balaban J connectivity index is 0.860. The molecule has 0 radical (unpaired) electrons. The maximum absolute atomic E-state index is 15.7. The second-order valence-corrected chi connectivity index (χ2v) is 17.2. The normalized spacial score (nSPS) is 21.5. The number of hydrogen-bond acceptors (Lipinski definition) is 13. The average molecular weight is 843 g/mol. The van der Waals surface area contributed by atoms with Crippen molar-refractivity contribution in [2.75, 3.05) is 53.2 Å². The lowest BCUT2D eigenvalue weighted by Crippen LogP contribution is -2.58. The van der Waals surface area contributed by atoms with Crippen molar-refractivity contribution in [3.05, 3.63) is 80.8 Å². The molecule has 4 aliphatic rings. The van der Waals surface area contributed by atoms with Gasteiger partial charge < -0.3 is 20.4 Å². The van der Waals surface area contributed by atoms with Gasteiger partial charge in [0.1, 0.15) is 34.2 Å². The van der Waals surface area contributed by atoms with E-state index in [2.05, 4.69) is 49.6 Å². The van der Waals surface area contributed by atoms with Crippen LogP contribution in [0.15, 0.2) is 42.6 Å². The van der Waals surface area contributed by atoms with Crippen molar-refractivity contribution < 1.29 is 28.4 Å². The van der Waals surface area contributed by atoms with Crippen molar-refractivity contribution in [3.63, 3.8) is 0 Å². The van der Waals surface area contributed by atoms with Gasteiger partial charge in [0.25, 0.3) is 17.7 Å². The molecule has 3 atom stereocenters. The van der Waals surface area contributed by atoms with E-state index < -0.39 is 35.5 Å². The number of thiazole rings is 1. The van der Waals surface area contributed by atoms with Gasteiger partial charge in [-0.25, -0.2) is 19.3 Å². The van der Waals surface area contributed by atoms with E-state index in [1.165, 1.54) is 23.6 Å². The minimum absolute atomic E-state index is 0.00960. The van der Waals surface area contributed by atoms with Crippen LogP contribution < -0.4 is 25.8 Å². The molecule has 18 heteroatoms. The molecule has 2 aromatic carbocycles. The third kappa shape index (κ3) is 8.10. The number of fused-ring (bicyclic) bond motifs is 1. The molecule has 3 unspecified atom stereocenters. The van der Waals surface area contributed by atoms with Crippen molar-refractivity contribution in [1.29, 1.82) is 0 Å². The van der Waals surface area contributed by atoms with Gasteiger partial charge in [0, 0.05) is 57.3 Å². The Labute approximate surface area is 349 Å². The summed E-state index contributed by atoms with van der Waals surface area (Å²) < 4.78 is 15.7. The molecular weight excluding hydrogens is 799 g/mol. The quantitative estimate of drug-likeness (QED) is 0.180. The number of aromatic nitrogens is 3. The molecule has 6 heterocycles. The summed E-state index contributed by atoms with van der Waals surface area (Å²) in [7, 11) is 0. The number of anilines is 5. The molecule has 4 aliphatic heterocycles. The number of amides is 5. The third-order valence-corrected chi connectivity index (χ3v) is 12.8. The Morgan fingerprint density at radius 2 is 1.68 bits per heavy atom. The second kappa shape index (κ2) is 16.3. The van der Waals surface area contributed by atoms with Crippen molar-refractivity contribution in [3.8, 4) is 0 Å². The Morgan fingerprint density at radius 3 is 2.37 bits per heavy atom. The number of benzene rings is 2. The van der Waals surface area contributed by atoms with Crippen molar-refractivity contribution in [1.82, 2.24) is 30.1 Å². The number of piperazine rings is 1. The summed E-state index contributed by atoms with van der Waals surface area (Å²) >= 11 is 7.52. The summed E-state index contributed by atoms with van der Waals surface area (Å²) in [5.74, 6) is -0.996. The molecule has 3 N–H and O–H groups in total. The van der Waals surface area contributed by atoms with Crippen LogP contribution in [0.2, 0.25) is 5.02 Å². The van der Waals surface area contributed by atoms with E-state index in [-0.39, 0.29) is 47.6 Å². The summed E-state index contributed by atoms with van der Waals surface area (Å²) in [6, 6.07) is 8.93. The minimum atomic E-state index is -1.11. The van der Waals surface area contributed by atoms with Crippen molar-refractivity contribution in [2.24, 2.45) is 5.92 Å². The number of piperidine rings is 2. The molecular formula is C41H44ClFN10O5S. The summed E-state index contributed by atoms with van der Waals surface area (Å²) in [6.07, 6.45) is 3.48. The number of para-hydroxylation sites is 1. The molecule has 3 fully saturated rings. The fraction of sp³-hybridized carbons (Fsp3) is 0.415. The van der Waals surface area contributed by atoms with Gasteiger partial charge in [-0.3, -0.25) is 39.1 Å². The lowest BCUT2D eigenvalue weighted by atomic mass is 9.94. The lowest BCUT2D eigenvalue weighted by Gasteiger charge is -2.47. The first-order valence-electron chi connectivity index (χ1n) is 19.7. The minimum Gasteiger partial charge on any atom is -0.366 e. The first-order valence-corrected chi connectivity index (χ1v) is 20.9. The van der Waals surface area contributed by atoms with Crippen LogP contribution >= 0.6 is 22.9 Å². The lowest BCUT2D eigenvalue weighted by molar-refractivity contribution is -0.136. The van der Waals surface area contributed by atoms with Gasteiger partial charge in [-0.05, 0) is 76.6 Å². The number of rotatable bonds is 9. The molecule has 8 rings (SSSR count). The van der Waals surface area contributed by atoms with Crippen molar-refractivity contribution in [2.45, 2.75) is 71.5 Å². The summed E-state index contributed by atoms with van der Waals surface area (Å²) in [6.45, 7) is 11.5. The fourth-order valence-electron chi connectivity index (χ4n) is 8.57. The Morgan fingerprint density at radius 1 is 0.966 bits per heavy atom. The molecule has 15 nitrogen and oxygen atoms in total. The number of hydrogen-bond donors (Lipinski definition) is 3. The van der Waals surface area contributed by atoms with Crippen LogP contribution in [-0.4, -0.2) is 105 Å². The molecule has 0 saturated carbocycles. The van der Waals surface area contributed by atoms with Gasteiger partial charge in [-0.1, -0.05) is 35.1 Å². The highest BCUT2D eigenvalue weighted by atomic mass is 35.5. The van der Waals surface area contributed by atoms with Crippen LogP contribution in [0.1, 0.15) is 81.3 Å². The molecule has 4 aromatic rings. The molecule has 2 aromatic heterocycles. The van der Waals surface area contributed by atoms with E-state index in [0.717, 1.165) is 54.8 Å². The van der Waals surface area contributed by atoms with Crippen LogP contribution in [0.3, 0.4) is 0 Å². The van der Waals surface area contributed by atoms with Crippen LogP contribution in [0.4, 0.5) is 32.5 Å². The molecule has 5 amide bonds. The Kier molecular flexibility index (Phi) is 11.1. The maximum Gasteiger partial charge on any atom is 0.267 e. The first-order chi connectivity index (χ1) is 28.2. The van der Waals surface area contributed by atoms with Crippen LogP contribution in [-0.2, 0) is 9.59 Å². The number of carbonyl (C=O) groups is 5. The number of imide groups is 2. The van der Waals surface area contributed by atoms with E-state index in [1.54, 1.807) is 6.07 Å². The molecule has 0 bridgehead atoms.